The molecule has 1 amide bonds. The summed E-state index contributed by atoms with van der Waals surface area (Å²) in [5.74, 6) is 1.68. The van der Waals surface area contributed by atoms with Crippen molar-refractivity contribution in [2.24, 2.45) is 0 Å². The van der Waals surface area contributed by atoms with Crippen molar-refractivity contribution in [3.05, 3.63) is 57.3 Å². The maximum atomic E-state index is 13.7. The lowest BCUT2D eigenvalue weighted by atomic mass is 9.80. The molecule has 0 bridgehead atoms. The van der Waals surface area contributed by atoms with Gasteiger partial charge in [0.15, 0.2) is 0 Å². The average molecular weight is 519 g/mol. The molecule has 2 aromatic rings. The first-order valence-corrected chi connectivity index (χ1v) is 16.6. The highest BCUT2D eigenvalue weighted by Gasteiger charge is 2.36. The number of carbonyl (C=O) groups excluding carboxylic acids is 1. The van der Waals surface area contributed by atoms with E-state index in [1.807, 2.05) is 0 Å². The van der Waals surface area contributed by atoms with Crippen molar-refractivity contribution < 1.29 is 18.7 Å². The van der Waals surface area contributed by atoms with E-state index in [4.69, 9.17) is 0 Å². The number of aliphatic hydroxyl groups excluding tert-OH is 1. The highest BCUT2D eigenvalue weighted by Crippen LogP contribution is 2.40. The first-order valence-electron chi connectivity index (χ1n) is 12.2. The molecular weight excluding hydrogens is 482 g/mol. The van der Waals surface area contributed by atoms with Crippen LogP contribution < -0.4 is 10.6 Å². The highest BCUT2D eigenvalue weighted by molar-refractivity contribution is 7.10. The molecule has 0 radical (unpaired) electrons. The second-order valence-corrected chi connectivity index (χ2v) is 16.2. The van der Waals surface area contributed by atoms with Crippen LogP contribution in [0.1, 0.15) is 55.0 Å². The van der Waals surface area contributed by atoms with Gasteiger partial charge in [-0.2, -0.15) is 0 Å². The zero-order valence-corrected chi connectivity index (χ0v) is 22.8. The van der Waals surface area contributed by atoms with Crippen LogP contribution in [0.25, 0.3) is 0 Å². The first-order chi connectivity index (χ1) is 16.5. The van der Waals surface area contributed by atoms with E-state index in [0.717, 1.165) is 37.3 Å². The molecule has 190 valence electrons. The van der Waals surface area contributed by atoms with Crippen molar-refractivity contribution in [2.75, 3.05) is 6.54 Å². The van der Waals surface area contributed by atoms with Gasteiger partial charge in [-0.1, -0.05) is 44.8 Å². The van der Waals surface area contributed by atoms with Gasteiger partial charge in [0.25, 0.3) is 0 Å². The minimum atomic E-state index is -1.47. The van der Waals surface area contributed by atoms with Gasteiger partial charge >= 0.3 is 0 Å². The van der Waals surface area contributed by atoms with Crippen LogP contribution in [0.4, 0.5) is 8.78 Å². The summed E-state index contributed by atoms with van der Waals surface area (Å²) in [6.07, 6.45) is 4.47. The molecule has 8 heteroatoms. The zero-order chi connectivity index (χ0) is 25.6. The van der Waals surface area contributed by atoms with Gasteiger partial charge in [-0.25, -0.2) is 8.78 Å². The smallest absolute Gasteiger partial charge is 0.217 e. The summed E-state index contributed by atoms with van der Waals surface area (Å²) in [6.45, 7) is 8.29. The van der Waals surface area contributed by atoms with Crippen LogP contribution in [0.2, 0.25) is 19.6 Å². The SMILES string of the molecule is CC(=O)N[C@@H](Cc1cc(F)cc(F)c1)[C@H](O)CNC1(c2cc(C#C[Si](C)(C)C)cs2)CCCCC1. The third-order valence-corrected chi connectivity index (χ3v) is 8.25. The van der Waals surface area contributed by atoms with Gasteiger partial charge < -0.3 is 15.7 Å². The fourth-order valence-corrected chi connectivity index (χ4v) is 6.14. The largest absolute Gasteiger partial charge is 0.390 e. The Morgan fingerprint density at radius 3 is 2.40 bits per heavy atom. The molecule has 1 aromatic carbocycles. The Labute approximate surface area is 212 Å². The van der Waals surface area contributed by atoms with Crippen LogP contribution >= 0.6 is 11.3 Å². The molecule has 35 heavy (non-hydrogen) atoms. The molecule has 1 heterocycles. The van der Waals surface area contributed by atoms with E-state index >= 15 is 0 Å². The average Bonchev–Trinajstić information content (AvgIpc) is 3.25. The Kier molecular flexibility index (Phi) is 9.27. The van der Waals surface area contributed by atoms with Crippen LogP contribution in [0.15, 0.2) is 29.6 Å². The van der Waals surface area contributed by atoms with Crippen molar-refractivity contribution >= 4 is 25.3 Å². The molecule has 0 saturated heterocycles. The topological polar surface area (TPSA) is 61.4 Å². The number of carbonyl (C=O) groups is 1. The molecule has 1 saturated carbocycles. The fraction of sp³-hybridized carbons (Fsp3) is 0.519. The number of rotatable bonds is 8. The Balaban J connectivity index is 1.77. The summed E-state index contributed by atoms with van der Waals surface area (Å²) in [4.78, 5) is 13.0. The van der Waals surface area contributed by atoms with Crippen molar-refractivity contribution in [3.63, 3.8) is 0 Å². The second-order valence-electron chi connectivity index (χ2n) is 10.6. The number of hydrogen-bond acceptors (Lipinski definition) is 4. The molecule has 4 nitrogen and oxygen atoms in total. The van der Waals surface area contributed by atoms with Crippen LogP contribution in [-0.4, -0.2) is 37.8 Å². The van der Waals surface area contributed by atoms with Gasteiger partial charge in [0.05, 0.1) is 17.7 Å². The van der Waals surface area contributed by atoms with Gasteiger partial charge in [0, 0.05) is 35.4 Å². The molecule has 0 unspecified atom stereocenters. The Morgan fingerprint density at radius 1 is 1.14 bits per heavy atom. The minimum Gasteiger partial charge on any atom is -0.390 e. The maximum Gasteiger partial charge on any atom is 0.217 e. The molecule has 1 aliphatic rings. The zero-order valence-electron chi connectivity index (χ0n) is 21.0. The van der Waals surface area contributed by atoms with Crippen molar-refractivity contribution in [3.8, 4) is 11.5 Å². The predicted molar refractivity (Wildman–Crippen MR) is 141 cm³/mol. The number of amides is 1. The summed E-state index contributed by atoms with van der Waals surface area (Å²) in [7, 11) is -1.47. The lowest BCUT2D eigenvalue weighted by Crippen LogP contribution is -2.52. The Hall–Kier alpha value is -2.05. The van der Waals surface area contributed by atoms with E-state index in [1.54, 1.807) is 11.3 Å². The summed E-state index contributed by atoms with van der Waals surface area (Å²) in [5, 5.41) is 19.5. The summed E-state index contributed by atoms with van der Waals surface area (Å²) >= 11 is 1.70. The van der Waals surface area contributed by atoms with Crippen molar-refractivity contribution in [1.82, 2.24) is 10.6 Å². The van der Waals surface area contributed by atoms with Crippen LogP contribution in [-0.2, 0) is 16.8 Å². The van der Waals surface area contributed by atoms with Crippen molar-refractivity contribution in [2.45, 2.75) is 82.8 Å². The lowest BCUT2D eigenvalue weighted by molar-refractivity contribution is -0.120. The third-order valence-electron chi connectivity index (χ3n) is 6.24. The number of halogens is 2. The molecule has 1 fully saturated rings. The Bertz CT molecular complexity index is 1060. The first kappa shape index (κ1) is 27.5. The van der Waals surface area contributed by atoms with Gasteiger partial charge in [-0.05, 0) is 43.0 Å². The third kappa shape index (κ3) is 8.25. The highest BCUT2D eigenvalue weighted by atomic mass is 32.1. The van der Waals surface area contributed by atoms with Crippen LogP contribution in [0, 0.1) is 23.1 Å². The predicted octanol–water partition coefficient (Wildman–Crippen LogP) is 5.11. The normalized spacial score (nSPS) is 17.2. The monoisotopic (exact) mass is 518 g/mol. The lowest BCUT2D eigenvalue weighted by Gasteiger charge is -2.39. The molecule has 1 aromatic heterocycles. The number of benzene rings is 1. The van der Waals surface area contributed by atoms with E-state index in [-0.39, 0.29) is 24.4 Å². The van der Waals surface area contributed by atoms with E-state index in [1.165, 1.54) is 30.4 Å². The maximum absolute atomic E-state index is 13.7. The van der Waals surface area contributed by atoms with Crippen LogP contribution in [0.3, 0.4) is 0 Å². The van der Waals surface area contributed by atoms with E-state index < -0.39 is 31.9 Å². The van der Waals surface area contributed by atoms with E-state index in [2.05, 4.69) is 53.2 Å². The molecule has 2 atom stereocenters. The van der Waals surface area contributed by atoms with Gasteiger partial charge in [0.1, 0.15) is 19.7 Å². The molecule has 1 aliphatic carbocycles. The number of aliphatic hydroxyl groups is 1. The number of thiophene rings is 1. The van der Waals surface area contributed by atoms with E-state index in [0.29, 0.717) is 5.56 Å². The van der Waals surface area contributed by atoms with Gasteiger partial charge in [-0.15, -0.1) is 16.9 Å². The molecule has 3 N–H and O–H groups in total. The molecular formula is C27H36F2N2O2SSi. The summed E-state index contributed by atoms with van der Waals surface area (Å²) < 4.78 is 27.4. The quantitative estimate of drug-likeness (QED) is 0.336. The fourth-order valence-electron chi connectivity index (χ4n) is 4.55. The Morgan fingerprint density at radius 2 is 1.80 bits per heavy atom. The summed E-state index contributed by atoms with van der Waals surface area (Å²) in [5.41, 5.74) is 4.58. The molecule has 3 rings (SSSR count). The van der Waals surface area contributed by atoms with E-state index in [9.17, 15) is 18.7 Å². The minimum absolute atomic E-state index is 0.125. The molecule has 0 spiro atoms. The van der Waals surface area contributed by atoms with Crippen molar-refractivity contribution in [1.29, 1.82) is 0 Å². The summed E-state index contributed by atoms with van der Waals surface area (Å²) in [6, 6.07) is 4.77. The van der Waals surface area contributed by atoms with Gasteiger partial charge in [-0.3, -0.25) is 4.79 Å². The van der Waals surface area contributed by atoms with Crippen LogP contribution in [0.5, 0.6) is 0 Å². The number of hydrogen-bond donors (Lipinski definition) is 3. The van der Waals surface area contributed by atoms with Gasteiger partial charge in [0.2, 0.25) is 5.91 Å². The molecule has 0 aliphatic heterocycles. The second kappa shape index (κ2) is 11.8. The number of nitrogens with one attached hydrogen (secondary N) is 2. The standard InChI is InChI=1S/C27H36F2N2O2SSi/c1-19(32)31-24(14-21-12-22(28)16-23(29)13-21)25(33)17-30-27(9-6-5-7-10-27)26-15-20(18-34-26)8-11-35(2,3)4/h12-13,15-16,18,24-25,30,33H,5-7,9-10,14,17H2,1-4H3,(H,31,32)/t24-,25+/m0/s1.